The number of amides is 3. The van der Waals surface area contributed by atoms with Crippen LogP contribution in [0, 0.1) is 5.92 Å². The molecule has 0 radical (unpaired) electrons. The van der Waals surface area contributed by atoms with Crippen LogP contribution in [0.5, 0.6) is 0 Å². The standard InChI is InChI=1S/C26H37N3O5.CO2/c1-5-7-8-9-21(22(6-2)29(33)17-30)25(31)27-16-28-26(32)24-15-14-23(34-24)20-12-10-19(11-13-20)18(3)4;2-1-3/h10-15,17-18,21-22,33H,5-9,16H2,1-4H3,(H,27,31)(H,28,32);/t21-,22-;/m1./s1. The number of unbranched alkanes of at least 4 members (excludes halogenated alkanes) is 2. The molecule has 0 aliphatic carbocycles. The van der Waals surface area contributed by atoms with Gasteiger partial charge in [-0.3, -0.25) is 19.6 Å². The van der Waals surface area contributed by atoms with Crippen LogP contribution in [0.1, 0.15) is 81.8 Å². The van der Waals surface area contributed by atoms with E-state index in [1.165, 1.54) is 5.56 Å². The Morgan fingerprint density at radius 1 is 1.05 bits per heavy atom. The molecule has 10 nitrogen and oxygen atoms in total. The van der Waals surface area contributed by atoms with Crippen molar-refractivity contribution in [3.8, 4) is 11.3 Å². The average molecular weight is 516 g/mol. The van der Waals surface area contributed by atoms with E-state index in [1.807, 2.05) is 31.2 Å². The van der Waals surface area contributed by atoms with Gasteiger partial charge in [0.05, 0.1) is 18.6 Å². The first-order chi connectivity index (χ1) is 17.7. The van der Waals surface area contributed by atoms with E-state index in [-0.39, 0.29) is 24.5 Å². The summed E-state index contributed by atoms with van der Waals surface area (Å²) in [6, 6.07) is 10.7. The molecule has 202 valence electrons. The third-order valence-electron chi connectivity index (χ3n) is 5.99. The highest BCUT2D eigenvalue weighted by molar-refractivity contribution is 5.92. The maximum absolute atomic E-state index is 12.8. The smallest absolute Gasteiger partial charge is 0.373 e. The lowest BCUT2D eigenvalue weighted by molar-refractivity contribution is -0.191. The van der Waals surface area contributed by atoms with Gasteiger partial charge >= 0.3 is 6.15 Å². The second-order valence-corrected chi connectivity index (χ2v) is 8.81. The summed E-state index contributed by atoms with van der Waals surface area (Å²) < 4.78 is 5.70. The van der Waals surface area contributed by atoms with E-state index >= 15 is 0 Å². The third-order valence-corrected chi connectivity index (χ3v) is 5.99. The zero-order chi connectivity index (χ0) is 27.8. The summed E-state index contributed by atoms with van der Waals surface area (Å²) in [7, 11) is 0. The first-order valence-corrected chi connectivity index (χ1v) is 12.4. The number of carbonyl (C=O) groups excluding carboxylic acids is 5. The molecular weight excluding hydrogens is 478 g/mol. The maximum atomic E-state index is 12.8. The Morgan fingerprint density at radius 2 is 1.70 bits per heavy atom. The van der Waals surface area contributed by atoms with E-state index in [1.54, 1.807) is 12.1 Å². The molecule has 37 heavy (non-hydrogen) atoms. The van der Waals surface area contributed by atoms with Gasteiger partial charge in [0.15, 0.2) is 5.76 Å². The molecule has 0 aliphatic heterocycles. The summed E-state index contributed by atoms with van der Waals surface area (Å²) in [5.41, 5.74) is 2.10. The Kier molecular flexibility index (Phi) is 14.2. The van der Waals surface area contributed by atoms with Gasteiger partial charge in [0.1, 0.15) is 5.76 Å². The Hall–Kier alpha value is -3.75. The van der Waals surface area contributed by atoms with Crippen LogP contribution in [-0.2, 0) is 19.2 Å². The molecule has 3 N–H and O–H groups in total. The van der Waals surface area contributed by atoms with Crippen molar-refractivity contribution in [2.24, 2.45) is 5.92 Å². The van der Waals surface area contributed by atoms with Crippen molar-refractivity contribution >= 4 is 24.4 Å². The number of furan rings is 1. The molecule has 1 aromatic heterocycles. The summed E-state index contributed by atoms with van der Waals surface area (Å²) in [5.74, 6) is -0.187. The number of rotatable bonds is 14. The van der Waals surface area contributed by atoms with E-state index in [4.69, 9.17) is 14.0 Å². The molecule has 0 fully saturated rings. The fraction of sp³-hybridized carbons (Fsp3) is 0.481. The Morgan fingerprint density at radius 3 is 2.24 bits per heavy atom. The summed E-state index contributed by atoms with van der Waals surface area (Å²) in [6.07, 6.45) is 4.28. The predicted molar refractivity (Wildman–Crippen MR) is 135 cm³/mol. The van der Waals surface area contributed by atoms with Crippen LogP contribution in [0.4, 0.5) is 0 Å². The highest BCUT2D eigenvalue weighted by atomic mass is 16.5. The molecule has 1 heterocycles. The maximum Gasteiger partial charge on any atom is 0.373 e. The lowest BCUT2D eigenvalue weighted by Gasteiger charge is -2.29. The van der Waals surface area contributed by atoms with Gasteiger partial charge < -0.3 is 15.1 Å². The van der Waals surface area contributed by atoms with Gasteiger partial charge in [0.25, 0.3) is 5.91 Å². The van der Waals surface area contributed by atoms with Crippen LogP contribution < -0.4 is 10.6 Å². The van der Waals surface area contributed by atoms with Gasteiger partial charge in [0.2, 0.25) is 12.3 Å². The third kappa shape index (κ3) is 10.0. The Labute approximate surface area is 217 Å². The number of nitrogens with one attached hydrogen (secondary N) is 2. The molecule has 0 spiro atoms. The van der Waals surface area contributed by atoms with E-state index in [0.717, 1.165) is 24.8 Å². The Balaban J connectivity index is 0.00000217. The van der Waals surface area contributed by atoms with Crippen LogP contribution in [0.25, 0.3) is 11.3 Å². The molecule has 0 saturated carbocycles. The minimum absolute atomic E-state index is 0.0932. The van der Waals surface area contributed by atoms with Gasteiger partial charge in [-0.15, -0.1) is 0 Å². The highest BCUT2D eigenvalue weighted by Crippen LogP contribution is 2.25. The van der Waals surface area contributed by atoms with Crippen LogP contribution in [-0.4, -0.2) is 47.4 Å². The lowest BCUT2D eigenvalue weighted by atomic mass is 9.90. The second kappa shape index (κ2) is 16.8. The minimum atomic E-state index is -0.625. The molecule has 1 aromatic carbocycles. The van der Waals surface area contributed by atoms with Crippen molar-refractivity contribution in [1.82, 2.24) is 15.7 Å². The fourth-order valence-corrected chi connectivity index (χ4v) is 3.92. The number of hydroxylamine groups is 2. The minimum Gasteiger partial charge on any atom is -0.451 e. The molecule has 2 rings (SSSR count). The zero-order valence-corrected chi connectivity index (χ0v) is 21.9. The average Bonchev–Trinajstić information content (AvgIpc) is 3.39. The van der Waals surface area contributed by atoms with Crippen molar-refractivity contribution in [2.45, 2.75) is 71.8 Å². The normalized spacial score (nSPS) is 11.9. The van der Waals surface area contributed by atoms with Crippen LogP contribution in [0.2, 0.25) is 0 Å². The van der Waals surface area contributed by atoms with Gasteiger partial charge in [0, 0.05) is 5.56 Å². The van der Waals surface area contributed by atoms with Crippen molar-refractivity contribution in [3.63, 3.8) is 0 Å². The predicted octanol–water partition coefficient (Wildman–Crippen LogP) is 4.11. The van der Waals surface area contributed by atoms with Crippen molar-refractivity contribution in [1.29, 1.82) is 0 Å². The van der Waals surface area contributed by atoms with Gasteiger partial charge in [-0.2, -0.15) is 9.59 Å². The molecule has 0 unspecified atom stereocenters. The molecule has 0 aliphatic rings. The van der Waals surface area contributed by atoms with Crippen molar-refractivity contribution < 1.29 is 33.6 Å². The van der Waals surface area contributed by atoms with E-state index < -0.39 is 17.9 Å². The Bertz CT molecular complexity index is 1010. The van der Waals surface area contributed by atoms with Crippen LogP contribution in [0.3, 0.4) is 0 Å². The monoisotopic (exact) mass is 515 g/mol. The van der Waals surface area contributed by atoms with Crippen LogP contribution in [0.15, 0.2) is 40.8 Å². The molecular formula is C27H37N3O7. The molecule has 0 saturated heterocycles. The number of hydrogen-bond donors (Lipinski definition) is 3. The van der Waals surface area contributed by atoms with E-state index in [9.17, 15) is 19.6 Å². The molecule has 3 amide bonds. The second-order valence-electron chi connectivity index (χ2n) is 8.81. The molecule has 2 aromatic rings. The quantitative estimate of drug-likeness (QED) is 0.113. The van der Waals surface area contributed by atoms with Crippen molar-refractivity contribution in [3.05, 3.63) is 47.7 Å². The first-order valence-electron chi connectivity index (χ1n) is 12.4. The summed E-state index contributed by atoms with van der Waals surface area (Å²) in [4.78, 5) is 52.6. The van der Waals surface area contributed by atoms with E-state index in [2.05, 4.69) is 31.4 Å². The van der Waals surface area contributed by atoms with Gasteiger partial charge in [-0.05, 0) is 36.5 Å². The summed E-state index contributed by atoms with van der Waals surface area (Å²) >= 11 is 0. The fourth-order valence-electron chi connectivity index (χ4n) is 3.92. The molecule has 2 atom stereocenters. The first kappa shape index (κ1) is 31.3. The molecule has 0 bridgehead atoms. The number of benzene rings is 1. The summed E-state index contributed by atoms with van der Waals surface area (Å²) in [6.45, 7) is 8.03. The van der Waals surface area contributed by atoms with Crippen LogP contribution >= 0.6 is 0 Å². The largest absolute Gasteiger partial charge is 0.451 e. The number of nitrogens with zero attached hydrogens (tertiary/aromatic N) is 1. The summed E-state index contributed by atoms with van der Waals surface area (Å²) in [5, 5.41) is 15.8. The van der Waals surface area contributed by atoms with E-state index in [0.29, 0.717) is 36.0 Å². The number of hydrogen-bond acceptors (Lipinski definition) is 7. The highest BCUT2D eigenvalue weighted by Gasteiger charge is 2.30. The lowest BCUT2D eigenvalue weighted by Crippen LogP contribution is -2.47. The zero-order valence-electron chi connectivity index (χ0n) is 21.9. The molecule has 10 heteroatoms. The SMILES string of the molecule is CCCCC[C@@H](C(=O)NCNC(=O)c1ccc(-c2ccc(C(C)C)cc2)o1)[C@@H](CC)N(O)C=O.O=C=O. The van der Waals surface area contributed by atoms with Gasteiger partial charge in [-0.1, -0.05) is 71.2 Å². The van der Waals surface area contributed by atoms with Gasteiger partial charge in [-0.25, -0.2) is 5.06 Å². The van der Waals surface area contributed by atoms with Crippen molar-refractivity contribution in [2.75, 3.05) is 6.67 Å². The topological polar surface area (TPSA) is 146 Å². The number of carbonyl (C=O) groups is 3.